The molecule has 23 heavy (non-hydrogen) atoms. The molecule has 2 rings (SSSR count). The second-order valence-electron chi connectivity index (χ2n) is 5.63. The van der Waals surface area contributed by atoms with Gasteiger partial charge in [0.15, 0.2) is 0 Å². The van der Waals surface area contributed by atoms with E-state index in [4.69, 9.17) is 0 Å². The first-order valence-electron chi connectivity index (χ1n) is 7.75. The summed E-state index contributed by atoms with van der Waals surface area (Å²) in [4.78, 5) is 18.7. The molecular weight excluding hydrogens is 354 g/mol. The van der Waals surface area contributed by atoms with Crippen molar-refractivity contribution in [2.45, 2.75) is 26.7 Å². The highest BCUT2D eigenvalue weighted by Crippen LogP contribution is 2.21. The van der Waals surface area contributed by atoms with Crippen LogP contribution in [-0.2, 0) is 0 Å². The smallest absolute Gasteiger partial charge is 0.257 e. The quantitative estimate of drug-likeness (QED) is 0.799. The number of rotatable bonds is 6. The Bertz CT molecular complexity index is 688. The second-order valence-corrected chi connectivity index (χ2v) is 6.48. The standard InChI is InChI=1S/C18H22BrN3O/c1-4-5-8-22(3)16-10-14(11-20-12-16)18(23)21-15-6-7-17(19)13(2)9-15/h6-7,9-12H,4-5,8H2,1-3H3,(H,21,23). The molecule has 1 amide bonds. The van der Waals surface area contributed by atoms with Gasteiger partial charge < -0.3 is 10.2 Å². The molecule has 1 aromatic carbocycles. The summed E-state index contributed by atoms with van der Waals surface area (Å²) in [6, 6.07) is 7.62. The van der Waals surface area contributed by atoms with Crippen molar-refractivity contribution in [3.8, 4) is 0 Å². The minimum atomic E-state index is -0.148. The van der Waals surface area contributed by atoms with Crippen LogP contribution in [0.4, 0.5) is 11.4 Å². The zero-order valence-corrected chi connectivity index (χ0v) is 15.4. The van der Waals surface area contributed by atoms with Crippen LogP contribution in [0.25, 0.3) is 0 Å². The molecule has 0 fully saturated rings. The number of pyridine rings is 1. The topological polar surface area (TPSA) is 45.2 Å². The Morgan fingerprint density at radius 1 is 1.30 bits per heavy atom. The lowest BCUT2D eigenvalue weighted by Crippen LogP contribution is -2.19. The molecule has 0 radical (unpaired) electrons. The fourth-order valence-electron chi connectivity index (χ4n) is 2.21. The summed E-state index contributed by atoms with van der Waals surface area (Å²) in [5, 5.41) is 2.92. The molecule has 1 aromatic heterocycles. The Morgan fingerprint density at radius 3 is 2.78 bits per heavy atom. The van der Waals surface area contributed by atoms with Gasteiger partial charge in [-0.05, 0) is 43.2 Å². The zero-order valence-electron chi connectivity index (χ0n) is 13.8. The summed E-state index contributed by atoms with van der Waals surface area (Å²) in [5.74, 6) is -0.148. The number of carbonyl (C=O) groups excluding carboxylic acids is 1. The van der Waals surface area contributed by atoms with E-state index in [2.05, 4.69) is 38.1 Å². The van der Waals surface area contributed by atoms with Crippen molar-refractivity contribution < 1.29 is 4.79 Å². The molecule has 0 aliphatic carbocycles. The van der Waals surface area contributed by atoms with Gasteiger partial charge in [-0.2, -0.15) is 0 Å². The van der Waals surface area contributed by atoms with Crippen molar-refractivity contribution in [1.29, 1.82) is 0 Å². The maximum absolute atomic E-state index is 12.4. The number of nitrogens with one attached hydrogen (secondary N) is 1. The van der Waals surface area contributed by atoms with Crippen LogP contribution in [0.1, 0.15) is 35.7 Å². The molecule has 0 bridgehead atoms. The minimum Gasteiger partial charge on any atom is -0.373 e. The van der Waals surface area contributed by atoms with E-state index in [1.807, 2.05) is 38.2 Å². The van der Waals surface area contributed by atoms with Crippen LogP contribution in [-0.4, -0.2) is 24.5 Å². The Balaban J connectivity index is 2.11. The fourth-order valence-corrected chi connectivity index (χ4v) is 2.46. The molecule has 2 aromatic rings. The predicted octanol–water partition coefficient (Wildman–Crippen LogP) is 4.64. The van der Waals surface area contributed by atoms with Gasteiger partial charge in [0.2, 0.25) is 0 Å². The summed E-state index contributed by atoms with van der Waals surface area (Å²) >= 11 is 3.46. The molecule has 0 aliphatic rings. The number of aromatic nitrogens is 1. The molecular formula is C18H22BrN3O. The summed E-state index contributed by atoms with van der Waals surface area (Å²) in [5.41, 5.74) is 3.37. The van der Waals surface area contributed by atoms with E-state index in [0.717, 1.165) is 40.8 Å². The molecule has 0 atom stereocenters. The highest BCUT2D eigenvalue weighted by molar-refractivity contribution is 9.10. The van der Waals surface area contributed by atoms with Crippen molar-refractivity contribution in [1.82, 2.24) is 4.98 Å². The number of hydrogen-bond donors (Lipinski definition) is 1. The van der Waals surface area contributed by atoms with Crippen molar-refractivity contribution in [3.05, 3.63) is 52.3 Å². The van der Waals surface area contributed by atoms with Gasteiger partial charge in [0, 0.05) is 29.9 Å². The summed E-state index contributed by atoms with van der Waals surface area (Å²) in [6.07, 6.45) is 5.64. The molecule has 122 valence electrons. The molecule has 1 N–H and O–H groups in total. The van der Waals surface area contributed by atoms with Crippen molar-refractivity contribution in [3.63, 3.8) is 0 Å². The molecule has 1 heterocycles. The van der Waals surface area contributed by atoms with E-state index in [1.165, 1.54) is 0 Å². The van der Waals surface area contributed by atoms with Gasteiger partial charge in [-0.1, -0.05) is 29.3 Å². The molecule has 4 nitrogen and oxygen atoms in total. The number of carbonyl (C=O) groups is 1. The van der Waals surface area contributed by atoms with E-state index >= 15 is 0 Å². The van der Waals surface area contributed by atoms with Gasteiger partial charge in [-0.3, -0.25) is 9.78 Å². The van der Waals surface area contributed by atoms with E-state index in [-0.39, 0.29) is 5.91 Å². The van der Waals surface area contributed by atoms with Crippen LogP contribution in [0, 0.1) is 6.92 Å². The fraction of sp³-hybridized carbons (Fsp3) is 0.333. The Morgan fingerprint density at radius 2 is 2.09 bits per heavy atom. The van der Waals surface area contributed by atoms with Crippen molar-refractivity contribution >= 4 is 33.2 Å². The number of unbranched alkanes of at least 4 members (excludes halogenated alkanes) is 1. The third-order valence-electron chi connectivity index (χ3n) is 3.69. The number of anilines is 2. The number of aryl methyl sites for hydroxylation is 1. The van der Waals surface area contributed by atoms with Gasteiger partial charge >= 0.3 is 0 Å². The molecule has 0 spiro atoms. The van der Waals surface area contributed by atoms with E-state index in [1.54, 1.807) is 12.4 Å². The average molecular weight is 376 g/mol. The zero-order chi connectivity index (χ0) is 16.8. The number of amides is 1. The monoisotopic (exact) mass is 375 g/mol. The molecule has 0 saturated carbocycles. The average Bonchev–Trinajstić information content (AvgIpc) is 2.56. The highest BCUT2D eigenvalue weighted by Gasteiger charge is 2.10. The van der Waals surface area contributed by atoms with Gasteiger partial charge in [0.05, 0.1) is 17.4 Å². The lowest BCUT2D eigenvalue weighted by Gasteiger charge is -2.19. The van der Waals surface area contributed by atoms with Gasteiger partial charge in [-0.25, -0.2) is 0 Å². The molecule has 0 unspecified atom stereocenters. The van der Waals surface area contributed by atoms with Crippen LogP contribution in [0.15, 0.2) is 41.1 Å². The highest BCUT2D eigenvalue weighted by atomic mass is 79.9. The van der Waals surface area contributed by atoms with Gasteiger partial charge in [-0.15, -0.1) is 0 Å². The molecule has 0 saturated heterocycles. The molecule has 5 heteroatoms. The van der Waals surface area contributed by atoms with E-state index < -0.39 is 0 Å². The number of hydrogen-bond acceptors (Lipinski definition) is 3. The Kier molecular flexibility index (Phi) is 6.16. The van der Waals surface area contributed by atoms with Gasteiger partial charge in [0.1, 0.15) is 0 Å². The Labute approximate surface area is 146 Å². The second kappa shape index (κ2) is 8.11. The van der Waals surface area contributed by atoms with Crippen molar-refractivity contribution in [2.75, 3.05) is 23.8 Å². The minimum absolute atomic E-state index is 0.148. The summed E-state index contributed by atoms with van der Waals surface area (Å²) in [7, 11) is 2.02. The van der Waals surface area contributed by atoms with Crippen molar-refractivity contribution in [2.24, 2.45) is 0 Å². The Hall–Kier alpha value is -1.88. The van der Waals surface area contributed by atoms with Crippen LogP contribution >= 0.6 is 15.9 Å². The SMILES string of the molecule is CCCCN(C)c1cncc(C(=O)Nc2ccc(Br)c(C)c2)c1. The predicted molar refractivity (Wildman–Crippen MR) is 99.2 cm³/mol. The normalized spacial score (nSPS) is 10.4. The van der Waals surface area contributed by atoms with Crippen LogP contribution in [0.3, 0.4) is 0 Å². The number of nitrogens with zero attached hydrogens (tertiary/aromatic N) is 2. The summed E-state index contributed by atoms with van der Waals surface area (Å²) < 4.78 is 1.02. The van der Waals surface area contributed by atoms with Crippen LogP contribution < -0.4 is 10.2 Å². The first-order chi connectivity index (χ1) is 11.0. The lowest BCUT2D eigenvalue weighted by molar-refractivity contribution is 0.102. The molecule has 0 aliphatic heterocycles. The maximum Gasteiger partial charge on any atom is 0.257 e. The first kappa shape index (κ1) is 17.5. The lowest BCUT2D eigenvalue weighted by atomic mass is 10.2. The third kappa shape index (κ3) is 4.79. The van der Waals surface area contributed by atoms with E-state index in [0.29, 0.717) is 5.56 Å². The third-order valence-corrected chi connectivity index (χ3v) is 4.58. The number of halogens is 1. The van der Waals surface area contributed by atoms with Crippen LogP contribution in [0.5, 0.6) is 0 Å². The first-order valence-corrected chi connectivity index (χ1v) is 8.54. The maximum atomic E-state index is 12.4. The largest absolute Gasteiger partial charge is 0.373 e. The summed E-state index contributed by atoms with van der Waals surface area (Å²) in [6.45, 7) is 5.11. The number of benzene rings is 1. The van der Waals surface area contributed by atoms with Crippen LogP contribution in [0.2, 0.25) is 0 Å². The van der Waals surface area contributed by atoms with Gasteiger partial charge in [0.25, 0.3) is 5.91 Å². The van der Waals surface area contributed by atoms with E-state index in [9.17, 15) is 4.79 Å².